The van der Waals surface area contributed by atoms with Crippen LogP contribution in [0.4, 0.5) is 8.78 Å². The number of hydrogen-bond donors (Lipinski definition) is 1. The van der Waals surface area contributed by atoms with Crippen molar-refractivity contribution in [2.24, 2.45) is 0 Å². The number of carbonyl (C=O) groups is 1. The lowest BCUT2D eigenvalue weighted by molar-refractivity contribution is 0.0467. The summed E-state index contributed by atoms with van der Waals surface area (Å²) >= 11 is 5.80. The van der Waals surface area contributed by atoms with Gasteiger partial charge in [0.25, 0.3) is 0 Å². The Morgan fingerprint density at radius 2 is 1.92 bits per heavy atom. The maximum atomic E-state index is 13.8. The highest BCUT2D eigenvalue weighted by atomic mass is 35.5. The summed E-state index contributed by atoms with van der Waals surface area (Å²) in [7, 11) is -2.65. The molecule has 128 valence electrons. The molecular weight excluding hydrogens is 364 g/mol. The highest BCUT2D eigenvalue weighted by Crippen LogP contribution is 2.20. The molecule has 0 saturated carbocycles. The Bertz CT molecular complexity index is 887. The van der Waals surface area contributed by atoms with E-state index in [9.17, 15) is 22.0 Å². The Morgan fingerprint density at radius 1 is 1.21 bits per heavy atom. The van der Waals surface area contributed by atoms with Gasteiger partial charge in [0, 0.05) is 5.56 Å². The van der Waals surface area contributed by atoms with E-state index in [1.165, 1.54) is 13.1 Å². The fourth-order valence-electron chi connectivity index (χ4n) is 1.81. The van der Waals surface area contributed by atoms with Crippen LogP contribution in [-0.2, 0) is 21.4 Å². The Morgan fingerprint density at radius 3 is 2.54 bits per heavy atom. The van der Waals surface area contributed by atoms with E-state index < -0.39 is 33.2 Å². The van der Waals surface area contributed by atoms with Gasteiger partial charge in [0.05, 0.1) is 15.5 Å². The maximum absolute atomic E-state index is 13.8. The molecule has 0 amide bonds. The Labute approximate surface area is 142 Å². The topological polar surface area (TPSA) is 72.5 Å². The molecule has 0 bridgehead atoms. The van der Waals surface area contributed by atoms with E-state index in [4.69, 9.17) is 16.3 Å². The Kier molecular flexibility index (Phi) is 5.53. The molecule has 0 aliphatic heterocycles. The fourth-order valence-corrected chi connectivity index (χ4v) is 2.78. The summed E-state index contributed by atoms with van der Waals surface area (Å²) in [6.45, 7) is -0.319. The van der Waals surface area contributed by atoms with Crippen LogP contribution in [0, 0.1) is 11.6 Å². The van der Waals surface area contributed by atoms with Crippen molar-refractivity contribution in [3.8, 4) is 0 Å². The van der Waals surface area contributed by atoms with Crippen LogP contribution in [0.15, 0.2) is 41.3 Å². The first-order chi connectivity index (χ1) is 11.2. The molecule has 5 nitrogen and oxygen atoms in total. The monoisotopic (exact) mass is 375 g/mol. The van der Waals surface area contributed by atoms with Crippen LogP contribution in [0.1, 0.15) is 15.9 Å². The zero-order valence-corrected chi connectivity index (χ0v) is 13.9. The van der Waals surface area contributed by atoms with E-state index in [1.54, 1.807) is 0 Å². The number of esters is 1. The number of hydrogen-bond acceptors (Lipinski definition) is 4. The molecule has 9 heteroatoms. The van der Waals surface area contributed by atoms with Gasteiger partial charge in [-0.05, 0) is 37.4 Å². The minimum absolute atomic E-state index is 0.0507. The highest BCUT2D eigenvalue weighted by Gasteiger charge is 2.19. The molecule has 0 aliphatic carbocycles. The van der Waals surface area contributed by atoms with Crippen LogP contribution >= 0.6 is 11.6 Å². The Balaban J connectivity index is 2.22. The number of carbonyl (C=O) groups excluding carboxylic acids is 1. The first kappa shape index (κ1) is 18.3. The van der Waals surface area contributed by atoms with E-state index in [1.807, 2.05) is 0 Å². The lowest BCUT2D eigenvalue weighted by Gasteiger charge is -2.09. The minimum atomic E-state index is -3.84. The number of sulfonamides is 1. The van der Waals surface area contributed by atoms with Gasteiger partial charge in [-0.25, -0.2) is 26.7 Å². The summed E-state index contributed by atoms with van der Waals surface area (Å²) in [4.78, 5) is 11.7. The minimum Gasteiger partial charge on any atom is -0.457 e. The summed E-state index contributed by atoms with van der Waals surface area (Å²) < 4.78 is 57.1. The molecule has 2 aromatic carbocycles. The van der Waals surface area contributed by atoms with Crippen LogP contribution < -0.4 is 4.72 Å². The van der Waals surface area contributed by atoms with Gasteiger partial charge >= 0.3 is 5.97 Å². The SMILES string of the molecule is CNS(=O)(=O)c1ccc(F)c(C(=O)OCc2ccc(F)cc2Cl)c1. The molecule has 24 heavy (non-hydrogen) atoms. The molecule has 2 aromatic rings. The van der Waals surface area contributed by atoms with Crippen LogP contribution in [0.2, 0.25) is 5.02 Å². The van der Waals surface area contributed by atoms with Crippen molar-refractivity contribution in [3.63, 3.8) is 0 Å². The third kappa shape index (κ3) is 4.08. The van der Waals surface area contributed by atoms with Gasteiger partial charge < -0.3 is 4.74 Å². The molecule has 0 aliphatic rings. The van der Waals surface area contributed by atoms with Gasteiger partial charge in [0.15, 0.2) is 0 Å². The second kappa shape index (κ2) is 7.25. The quantitative estimate of drug-likeness (QED) is 0.816. The summed E-state index contributed by atoms with van der Waals surface area (Å²) in [6, 6.07) is 6.25. The summed E-state index contributed by atoms with van der Waals surface area (Å²) in [5.74, 6) is -2.55. The smallest absolute Gasteiger partial charge is 0.341 e. The van der Waals surface area contributed by atoms with E-state index >= 15 is 0 Å². The molecule has 0 heterocycles. The van der Waals surface area contributed by atoms with Crippen LogP contribution in [0.5, 0.6) is 0 Å². The second-order valence-corrected chi connectivity index (χ2v) is 6.95. The first-order valence-electron chi connectivity index (χ1n) is 6.59. The molecule has 0 saturated heterocycles. The van der Waals surface area contributed by atoms with Crippen molar-refractivity contribution < 1.29 is 26.7 Å². The van der Waals surface area contributed by atoms with Crippen molar-refractivity contribution in [1.82, 2.24) is 4.72 Å². The molecule has 0 radical (unpaired) electrons. The molecule has 0 atom stereocenters. The lowest BCUT2D eigenvalue weighted by atomic mass is 10.2. The fraction of sp³-hybridized carbons (Fsp3) is 0.133. The van der Waals surface area contributed by atoms with Crippen molar-refractivity contribution >= 4 is 27.6 Å². The standard InChI is InChI=1S/C15H12ClF2NO4S/c1-19-24(21,22)11-4-5-14(18)12(7-11)15(20)23-8-9-2-3-10(17)6-13(9)16/h2-7,19H,8H2,1H3. The van der Waals surface area contributed by atoms with E-state index in [0.29, 0.717) is 5.56 Å². The number of benzene rings is 2. The van der Waals surface area contributed by atoms with E-state index in [2.05, 4.69) is 4.72 Å². The van der Waals surface area contributed by atoms with E-state index in [-0.39, 0.29) is 16.5 Å². The second-order valence-electron chi connectivity index (χ2n) is 4.66. The summed E-state index contributed by atoms with van der Waals surface area (Å²) in [5.41, 5.74) is -0.213. The van der Waals surface area contributed by atoms with Gasteiger partial charge in [0.1, 0.15) is 18.2 Å². The first-order valence-corrected chi connectivity index (χ1v) is 8.45. The molecule has 0 fully saturated rings. The van der Waals surface area contributed by atoms with E-state index in [0.717, 1.165) is 30.3 Å². The lowest BCUT2D eigenvalue weighted by Crippen LogP contribution is -2.19. The maximum Gasteiger partial charge on any atom is 0.341 e. The third-order valence-corrected chi connectivity index (χ3v) is 4.87. The predicted octanol–water partition coefficient (Wildman–Crippen LogP) is 2.88. The Hall–Kier alpha value is -2.03. The molecule has 1 N–H and O–H groups in total. The molecule has 2 rings (SSSR count). The molecule has 0 spiro atoms. The largest absolute Gasteiger partial charge is 0.457 e. The van der Waals surface area contributed by atoms with Crippen LogP contribution in [0.25, 0.3) is 0 Å². The summed E-state index contributed by atoms with van der Waals surface area (Å²) in [5, 5.41) is 0.0507. The normalized spacial score (nSPS) is 11.3. The van der Waals surface area contributed by atoms with Crippen molar-refractivity contribution in [3.05, 3.63) is 64.2 Å². The third-order valence-electron chi connectivity index (χ3n) is 3.11. The zero-order valence-electron chi connectivity index (χ0n) is 12.3. The van der Waals surface area contributed by atoms with Crippen LogP contribution in [0.3, 0.4) is 0 Å². The van der Waals surface area contributed by atoms with Gasteiger partial charge in [-0.2, -0.15) is 0 Å². The van der Waals surface area contributed by atoms with Crippen molar-refractivity contribution in [2.45, 2.75) is 11.5 Å². The number of ether oxygens (including phenoxy) is 1. The number of nitrogens with one attached hydrogen (secondary N) is 1. The molecule has 0 aromatic heterocycles. The summed E-state index contributed by atoms with van der Waals surface area (Å²) in [6.07, 6.45) is 0. The highest BCUT2D eigenvalue weighted by molar-refractivity contribution is 7.89. The number of halogens is 3. The van der Waals surface area contributed by atoms with Gasteiger partial charge in [0.2, 0.25) is 10.0 Å². The van der Waals surface area contributed by atoms with Crippen LogP contribution in [-0.4, -0.2) is 21.4 Å². The zero-order chi connectivity index (χ0) is 17.9. The average Bonchev–Trinajstić information content (AvgIpc) is 2.54. The molecular formula is C15H12ClF2NO4S. The van der Waals surface area contributed by atoms with Gasteiger partial charge in [-0.3, -0.25) is 0 Å². The van der Waals surface area contributed by atoms with Gasteiger partial charge in [-0.1, -0.05) is 17.7 Å². The van der Waals surface area contributed by atoms with Gasteiger partial charge in [-0.15, -0.1) is 0 Å². The van der Waals surface area contributed by atoms with Crippen molar-refractivity contribution in [1.29, 1.82) is 0 Å². The number of rotatable bonds is 5. The molecule has 0 unspecified atom stereocenters. The average molecular weight is 376 g/mol. The predicted molar refractivity (Wildman–Crippen MR) is 83.2 cm³/mol. The van der Waals surface area contributed by atoms with Crippen molar-refractivity contribution in [2.75, 3.05) is 7.05 Å².